The van der Waals surface area contributed by atoms with Crippen molar-refractivity contribution in [2.75, 3.05) is 5.32 Å². The second-order valence-electron chi connectivity index (χ2n) is 8.83. The lowest BCUT2D eigenvalue weighted by Crippen LogP contribution is -2.06. The summed E-state index contributed by atoms with van der Waals surface area (Å²) in [7, 11) is 0. The van der Waals surface area contributed by atoms with Gasteiger partial charge in [-0.3, -0.25) is 0 Å². The Kier molecular flexibility index (Phi) is 8.45. The van der Waals surface area contributed by atoms with Crippen molar-refractivity contribution in [2.45, 2.75) is 78.1 Å². The van der Waals surface area contributed by atoms with Gasteiger partial charge in [0.2, 0.25) is 0 Å². The van der Waals surface area contributed by atoms with E-state index in [1.807, 2.05) is 18.2 Å². The van der Waals surface area contributed by atoms with E-state index in [-0.39, 0.29) is 5.82 Å². The van der Waals surface area contributed by atoms with Crippen molar-refractivity contribution in [1.29, 1.82) is 5.41 Å². The Morgan fingerprint density at radius 3 is 2.58 bits per heavy atom. The average molecular weight is 421 g/mol. The van der Waals surface area contributed by atoms with Gasteiger partial charge in [0, 0.05) is 11.4 Å². The third kappa shape index (κ3) is 6.78. The molecule has 0 radical (unpaired) electrons. The molecule has 3 rings (SSSR count). The van der Waals surface area contributed by atoms with Crippen LogP contribution >= 0.6 is 0 Å². The van der Waals surface area contributed by atoms with Gasteiger partial charge < -0.3 is 10.7 Å². The first-order valence-corrected chi connectivity index (χ1v) is 12.0. The van der Waals surface area contributed by atoms with E-state index in [0.29, 0.717) is 23.7 Å². The zero-order chi connectivity index (χ0) is 22.2. The molecule has 1 aliphatic rings. The van der Waals surface area contributed by atoms with E-state index in [4.69, 9.17) is 5.41 Å². The molecule has 1 atom stereocenters. The van der Waals surface area contributed by atoms with Crippen LogP contribution in [-0.4, -0.2) is 5.71 Å². The maximum absolute atomic E-state index is 14.3. The van der Waals surface area contributed by atoms with Gasteiger partial charge in [0.1, 0.15) is 5.82 Å². The number of hydrogen-bond donors (Lipinski definition) is 2. The Bertz CT molecular complexity index is 911. The van der Waals surface area contributed by atoms with Crippen molar-refractivity contribution in [3.63, 3.8) is 0 Å². The van der Waals surface area contributed by atoms with E-state index >= 15 is 0 Å². The molecule has 1 aliphatic carbocycles. The second kappa shape index (κ2) is 11.3. The maximum atomic E-state index is 14.3. The van der Waals surface area contributed by atoms with Crippen LogP contribution in [0.2, 0.25) is 0 Å². The molecule has 31 heavy (non-hydrogen) atoms. The van der Waals surface area contributed by atoms with Crippen LogP contribution in [0, 0.1) is 17.1 Å². The fourth-order valence-corrected chi connectivity index (χ4v) is 4.38. The van der Waals surface area contributed by atoms with Crippen molar-refractivity contribution >= 4 is 11.4 Å². The molecular weight excluding hydrogens is 383 g/mol. The zero-order valence-corrected chi connectivity index (χ0v) is 19.3. The Morgan fingerprint density at radius 1 is 1.10 bits per heavy atom. The smallest absolute Gasteiger partial charge is 0.146 e. The van der Waals surface area contributed by atoms with E-state index < -0.39 is 0 Å². The molecule has 1 saturated carbocycles. The quantitative estimate of drug-likeness (QED) is 0.335. The number of rotatable bonds is 12. The highest BCUT2D eigenvalue weighted by Crippen LogP contribution is 2.44. The molecule has 0 heterocycles. The van der Waals surface area contributed by atoms with Gasteiger partial charge in [-0.1, -0.05) is 57.5 Å². The van der Waals surface area contributed by atoms with Gasteiger partial charge >= 0.3 is 0 Å². The third-order valence-corrected chi connectivity index (χ3v) is 6.30. The summed E-state index contributed by atoms with van der Waals surface area (Å²) in [6.07, 6.45) is 10.0. The fourth-order valence-electron chi connectivity index (χ4n) is 4.38. The van der Waals surface area contributed by atoms with E-state index in [2.05, 4.69) is 50.4 Å². The summed E-state index contributed by atoms with van der Waals surface area (Å²) < 4.78 is 14.3. The van der Waals surface area contributed by atoms with Crippen LogP contribution in [0.5, 0.6) is 0 Å². The Balaban J connectivity index is 1.64. The summed E-state index contributed by atoms with van der Waals surface area (Å²) in [4.78, 5) is 0. The van der Waals surface area contributed by atoms with Gasteiger partial charge in [-0.05, 0) is 91.7 Å². The minimum absolute atomic E-state index is 0.247. The van der Waals surface area contributed by atoms with E-state index in [0.717, 1.165) is 42.9 Å². The fraction of sp³-hybridized carbons (Fsp3) is 0.464. The zero-order valence-electron chi connectivity index (χ0n) is 19.3. The number of halogens is 1. The van der Waals surface area contributed by atoms with Gasteiger partial charge in [0.15, 0.2) is 0 Å². The molecule has 166 valence electrons. The molecule has 0 saturated heterocycles. The molecule has 2 N–H and O–H groups in total. The van der Waals surface area contributed by atoms with E-state index in [1.165, 1.54) is 36.5 Å². The number of anilines is 1. The average Bonchev–Trinajstić information content (AvgIpc) is 3.60. The lowest BCUT2D eigenvalue weighted by molar-refractivity contribution is 0.586. The van der Waals surface area contributed by atoms with Gasteiger partial charge in [0.25, 0.3) is 0 Å². The molecule has 0 bridgehead atoms. The largest absolute Gasteiger partial charge is 0.356 e. The van der Waals surface area contributed by atoms with Crippen molar-refractivity contribution in [3.05, 3.63) is 76.7 Å². The predicted molar refractivity (Wildman–Crippen MR) is 131 cm³/mol. The van der Waals surface area contributed by atoms with Crippen LogP contribution < -0.4 is 5.32 Å². The van der Waals surface area contributed by atoms with Crippen LogP contribution in [-0.2, 0) is 12.8 Å². The van der Waals surface area contributed by atoms with Crippen LogP contribution in [0.3, 0.4) is 0 Å². The number of hydrogen-bond acceptors (Lipinski definition) is 2. The van der Waals surface area contributed by atoms with Crippen molar-refractivity contribution in [2.24, 2.45) is 5.92 Å². The number of nitrogens with one attached hydrogen (secondary N) is 2. The van der Waals surface area contributed by atoms with Gasteiger partial charge in [-0.15, -0.1) is 0 Å². The molecule has 3 heteroatoms. The minimum atomic E-state index is -0.247. The molecule has 0 aromatic heterocycles. The first kappa shape index (κ1) is 23.2. The molecule has 2 aromatic carbocycles. The van der Waals surface area contributed by atoms with Crippen molar-refractivity contribution in [1.82, 2.24) is 0 Å². The molecule has 0 spiro atoms. The predicted octanol–water partition coefficient (Wildman–Crippen LogP) is 8.04. The monoisotopic (exact) mass is 420 g/mol. The van der Waals surface area contributed by atoms with Crippen LogP contribution in [0.25, 0.3) is 0 Å². The third-order valence-electron chi connectivity index (χ3n) is 6.30. The molecule has 2 nitrogen and oxygen atoms in total. The minimum Gasteiger partial charge on any atom is -0.356 e. The summed E-state index contributed by atoms with van der Waals surface area (Å²) in [6, 6.07) is 14.2. The summed E-state index contributed by atoms with van der Waals surface area (Å²) in [6.45, 7) is 6.46. The van der Waals surface area contributed by atoms with E-state index in [9.17, 15) is 4.39 Å². The van der Waals surface area contributed by atoms with Gasteiger partial charge in [-0.2, -0.15) is 0 Å². The molecule has 1 unspecified atom stereocenters. The SMILES string of the molecule is CCC/C(=C/C(=N)CCc1cccc(C(CC)C2CC2)c1)Nc1cc(CC)ccc1F. The summed E-state index contributed by atoms with van der Waals surface area (Å²) in [5.74, 6) is 1.31. The Morgan fingerprint density at radius 2 is 1.90 bits per heavy atom. The summed E-state index contributed by atoms with van der Waals surface area (Å²) in [5, 5.41) is 11.7. The number of benzene rings is 2. The number of aryl methyl sites for hydroxylation is 2. The van der Waals surface area contributed by atoms with Crippen LogP contribution in [0.1, 0.15) is 81.9 Å². The van der Waals surface area contributed by atoms with Gasteiger partial charge in [-0.25, -0.2) is 4.39 Å². The molecule has 0 aliphatic heterocycles. The lowest BCUT2D eigenvalue weighted by Gasteiger charge is -2.15. The van der Waals surface area contributed by atoms with Crippen molar-refractivity contribution < 1.29 is 4.39 Å². The highest BCUT2D eigenvalue weighted by atomic mass is 19.1. The maximum Gasteiger partial charge on any atom is 0.146 e. The Labute approximate surface area is 187 Å². The first-order chi connectivity index (χ1) is 15.0. The van der Waals surface area contributed by atoms with Crippen LogP contribution in [0.4, 0.5) is 10.1 Å². The summed E-state index contributed by atoms with van der Waals surface area (Å²) in [5.41, 5.74) is 5.87. The summed E-state index contributed by atoms with van der Waals surface area (Å²) >= 11 is 0. The normalized spacial score (nSPS) is 15.0. The number of allylic oxidation sites excluding steroid dienone is 2. The first-order valence-electron chi connectivity index (χ1n) is 12.0. The lowest BCUT2D eigenvalue weighted by atomic mass is 9.90. The highest BCUT2D eigenvalue weighted by Gasteiger charge is 2.30. The molecule has 2 aromatic rings. The van der Waals surface area contributed by atoms with Crippen molar-refractivity contribution in [3.8, 4) is 0 Å². The Hall–Kier alpha value is -2.42. The topological polar surface area (TPSA) is 35.9 Å². The molecule has 0 amide bonds. The van der Waals surface area contributed by atoms with E-state index in [1.54, 1.807) is 0 Å². The van der Waals surface area contributed by atoms with Crippen LogP contribution in [0.15, 0.2) is 54.2 Å². The van der Waals surface area contributed by atoms with Gasteiger partial charge in [0.05, 0.1) is 5.69 Å². The molecular formula is C28H37FN2. The molecule has 1 fully saturated rings. The highest BCUT2D eigenvalue weighted by molar-refractivity contribution is 5.93. The second-order valence-corrected chi connectivity index (χ2v) is 8.83. The standard InChI is InChI=1S/C28H37FN2/c1-4-8-25(31-28-18-20(5-2)12-16-27(28)29)19-24(30)15-11-21-9-7-10-23(17-21)26(6-3)22-13-14-22/h7,9-10,12,16-19,22,26,30-31H,4-6,8,11,13-15H2,1-3H3/b25-19-,30-24?.